The zero-order chi connectivity index (χ0) is 25.2. The summed E-state index contributed by atoms with van der Waals surface area (Å²) in [4.78, 5) is 35.8. The fourth-order valence-corrected chi connectivity index (χ4v) is 5.42. The van der Waals surface area contributed by atoms with Gasteiger partial charge < -0.3 is 4.90 Å². The summed E-state index contributed by atoms with van der Waals surface area (Å²) in [5.41, 5.74) is 3.69. The standard InChI is InChI=1S/C28H24N4O2S2/c1-19-10-9-15-31-24(19)29-25(30(2)17-20-11-5-3-6-12-20)22(26(31)33)16-23-27(34)32(28(35)36-23)18-21-13-7-4-8-14-21/h3-16H,17-18H2,1-2H3. The van der Waals surface area contributed by atoms with Gasteiger partial charge in [0.05, 0.1) is 17.0 Å². The summed E-state index contributed by atoms with van der Waals surface area (Å²) in [5, 5.41) is 0. The number of amides is 1. The molecule has 1 fully saturated rings. The monoisotopic (exact) mass is 512 g/mol. The molecule has 6 nitrogen and oxygen atoms in total. The zero-order valence-corrected chi connectivity index (χ0v) is 21.6. The van der Waals surface area contributed by atoms with Gasteiger partial charge in [-0.3, -0.25) is 18.9 Å². The van der Waals surface area contributed by atoms with Gasteiger partial charge in [0.25, 0.3) is 11.5 Å². The van der Waals surface area contributed by atoms with E-state index in [1.54, 1.807) is 17.2 Å². The van der Waals surface area contributed by atoms with Crippen molar-refractivity contribution in [2.45, 2.75) is 20.0 Å². The van der Waals surface area contributed by atoms with E-state index in [1.165, 1.54) is 16.2 Å². The Labute approximate surface area is 218 Å². The summed E-state index contributed by atoms with van der Waals surface area (Å²) in [7, 11) is 1.90. The average molecular weight is 513 g/mol. The fraction of sp³-hybridized carbons (Fsp3) is 0.143. The number of nitrogens with zero attached hydrogens (tertiary/aromatic N) is 4. The van der Waals surface area contributed by atoms with Gasteiger partial charge >= 0.3 is 0 Å². The number of carbonyl (C=O) groups is 1. The van der Waals surface area contributed by atoms with Crippen LogP contribution in [-0.4, -0.2) is 31.6 Å². The number of thiocarbonyl (C=S) groups is 1. The molecule has 0 saturated carbocycles. The normalized spacial score (nSPS) is 14.7. The minimum Gasteiger partial charge on any atom is -0.355 e. The maximum atomic E-state index is 13.7. The number of pyridine rings is 1. The first-order chi connectivity index (χ1) is 17.4. The zero-order valence-electron chi connectivity index (χ0n) is 19.9. The van der Waals surface area contributed by atoms with Crippen LogP contribution >= 0.6 is 24.0 Å². The summed E-state index contributed by atoms with van der Waals surface area (Å²) >= 11 is 6.74. The Morgan fingerprint density at radius 1 is 0.972 bits per heavy atom. The van der Waals surface area contributed by atoms with Gasteiger partial charge in [0.2, 0.25) is 0 Å². The smallest absolute Gasteiger partial charge is 0.267 e. The Morgan fingerprint density at radius 2 is 1.64 bits per heavy atom. The van der Waals surface area contributed by atoms with E-state index in [0.29, 0.717) is 39.3 Å². The van der Waals surface area contributed by atoms with Crippen molar-refractivity contribution >= 4 is 51.7 Å². The summed E-state index contributed by atoms with van der Waals surface area (Å²) in [6, 6.07) is 23.5. The molecule has 0 N–H and O–H groups in total. The van der Waals surface area contributed by atoms with Crippen molar-refractivity contribution < 1.29 is 4.79 Å². The van der Waals surface area contributed by atoms with Gasteiger partial charge in [0.15, 0.2) is 0 Å². The highest BCUT2D eigenvalue weighted by Gasteiger charge is 2.33. The lowest BCUT2D eigenvalue weighted by Crippen LogP contribution is -2.28. The topological polar surface area (TPSA) is 57.9 Å². The molecule has 0 spiro atoms. The number of carbonyl (C=O) groups excluding carboxylic acids is 1. The number of fused-ring (bicyclic) bond motifs is 1. The first-order valence-corrected chi connectivity index (χ1v) is 12.7. The Balaban J connectivity index is 1.58. The van der Waals surface area contributed by atoms with Crippen molar-refractivity contribution in [3.63, 3.8) is 0 Å². The predicted molar refractivity (Wildman–Crippen MR) is 150 cm³/mol. The summed E-state index contributed by atoms with van der Waals surface area (Å²) in [6.07, 6.45) is 3.35. The third kappa shape index (κ3) is 4.69. The highest BCUT2D eigenvalue weighted by Crippen LogP contribution is 2.34. The van der Waals surface area contributed by atoms with Crippen molar-refractivity contribution in [3.8, 4) is 0 Å². The first kappa shape index (κ1) is 24.0. The molecular weight excluding hydrogens is 488 g/mol. The average Bonchev–Trinajstić information content (AvgIpc) is 3.14. The summed E-state index contributed by atoms with van der Waals surface area (Å²) in [6.45, 7) is 2.88. The molecule has 3 heterocycles. The maximum absolute atomic E-state index is 13.7. The van der Waals surface area contributed by atoms with Crippen LogP contribution in [-0.2, 0) is 17.9 Å². The summed E-state index contributed by atoms with van der Waals surface area (Å²) in [5.74, 6) is 0.311. The van der Waals surface area contributed by atoms with Crippen LogP contribution in [0.25, 0.3) is 11.7 Å². The third-order valence-electron chi connectivity index (χ3n) is 6.02. The second-order valence-electron chi connectivity index (χ2n) is 8.63. The third-order valence-corrected chi connectivity index (χ3v) is 7.40. The minimum absolute atomic E-state index is 0.209. The molecule has 0 aliphatic carbocycles. The molecule has 36 heavy (non-hydrogen) atoms. The Bertz CT molecular complexity index is 1550. The highest BCUT2D eigenvalue weighted by molar-refractivity contribution is 8.26. The van der Waals surface area contributed by atoms with Crippen molar-refractivity contribution in [2.24, 2.45) is 0 Å². The molecule has 0 bridgehead atoms. The van der Waals surface area contributed by atoms with E-state index in [2.05, 4.69) is 0 Å². The number of hydrogen-bond donors (Lipinski definition) is 0. The number of anilines is 1. The van der Waals surface area contributed by atoms with Gasteiger partial charge in [-0.05, 0) is 35.8 Å². The maximum Gasteiger partial charge on any atom is 0.267 e. The van der Waals surface area contributed by atoms with Crippen LogP contribution in [0.3, 0.4) is 0 Å². The van der Waals surface area contributed by atoms with E-state index in [1.807, 2.05) is 91.7 Å². The van der Waals surface area contributed by atoms with Crippen LogP contribution in [0.5, 0.6) is 0 Å². The minimum atomic E-state index is -0.230. The van der Waals surface area contributed by atoms with Crippen LogP contribution in [0.4, 0.5) is 5.82 Å². The second-order valence-corrected chi connectivity index (χ2v) is 10.3. The van der Waals surface area contributed by atoms with Crippen molar-refractivity contribution in [2.75, 3.05) is 11.9 Å². The van der Waals surface area contributed by atoms with E-state index in [9.17, 15) is 9.59 Å². The van der Waals surface area contributed by atoms with Gasteiger partial charge in [0.1, 0.15) is 15.8 Å². The van der Waals surface area contributed by atoms with Gasteiger partial charge in [0, 0.05) is 19.8 Å². The molecule has 1 saturated heterocycles. The molecule has 0 atom stereocenters. The van der Waals surface area contributed by atoms with E-state index < -0.39 is 0 Å². The van der Waals surface area contributed by atoms with E-state index in [-0.39, 0.29) is 11.5 Å². The predicted octanol–water partition coefficient (Wildman–Crippen LogP) is 5.04. The van der Waals surface area contributed by atoms with Crippen LogP contribution in [0.2, 0.25) is 0 Å². The molecule has 8 heteroatoms. The van der Waals surface area contributed by atoms with Gasteiger partial charge in [-0.15, -0.1) is 0 Å². The molecule has 180 valence electrons. The van der Waals surface area contributed by atoms with Crippen LogP contribution in [0, 0.1) is 6.92 Å². The number of hydrogen-bond acceptors (Lipinski definition) is 6. The van der Waals surface area contributed by atoms with Crippen LogP contribution < -0.4 is 10.5 Å². The molecule has 1 aliphatic heterocycles. The molecule has 0 unspecified atom stereocenters. The SMILES string of the molecule is Cc1cccn2c(=O)c(C=C3SC(=S)N(Cc4ccccc4)C3=O)c(N(C)Cc3ccccc3)nc12. The largest absolute Gasteiger partial charge is 0.355 e. The second kappa shape index (κ2) is 10.1. The lowest BCUT2D eigenvalue weighted by molar-refractivity contribution is -0.122. The first-order valence-electron chi connectivity index (χ1n) is 11.5. The molecule has 2 aromatic heterocycles. The van der Waals surface area contributed by atoms with Gasteiger partial charge in [-0.2, -0.15) is 0 Å². The lowest BCUT2D eigenvalue weighted by atomic mass is 10.2. The molecule has 0 radical (unpaired) electrons. The summed E-state index contributed by atoms with van der Waals surface area (Å²) < 4.78 is 2.00. The molecular formula is C28H24N4O2S2. The van der Waals surface area contributed by atoms with E-state index in [4.69, 9.17) is 17.2 Å². The molecule has 2 aromatic carbocycles. The Morgan fingerprint density at radius 3 is 2.33 bits per heavy atom. The van der Waals surface area contributed by atoms with E-state index >= 15 is 0 Å². The highest BCUT2D eigenvalue weighted by atomic mass is 32.2. The van der Waals surface area contributed by atoms with Crippen molar-refractivity contribution in [3.05, 3.63) is 117 Å². The van der Waals surface area contributed by atoms with E-state index in [0.717, 1.165) is 16.7 Å². The van der Waals surface area contributed by atoms with Crippen molar-refractivity contribution in [1.29, 1.82) is 0 Å². The quantitative estimate of drug-likeness (QED) is 0.267. The Kier molecular flexibility index (Phi) is 6.71. The van der Waals surface area contributed by atoms with Crippen LogP contribution in [0.15, 0.2) is 88.7 Å². The Hall–Kier alpha value is -3.75. The number of rotatable bonds is 6. The number of aromatic nitrogens is 2. The fourth-order valence-electron chi connectivity index (χ4n) is 4.18. The van der Waals surface area contributed by atoms with Gasteiger partial charge in [-0.1, -0.05) is 90.7 Å². The van der Waals surface area contributed by atoms with Gasteiger partial charge in [-0.25, -0.2) is 4.98 Å². The number of thioether (sulfide) groups is 1. The lowest BCUT2D eigenvalue weighted by Gasteiger charge is -2.21. The molecule has 1 aliphatic rings. The molecule has 5 rings (SSSR count). The molecule has 4 aromatic rings. The number of benzene rings is 2. The molecule has 1 amide bonds. The van der Waals surface area contributed by atoms with Crippen LogP contribution in [0.1, 0.15) is 22.3 Å². The number of aryl methyl sites for hydroxylation is 1. The van der Waals surface area contributed by atoms with Crippen molar-refractivity contribution in [1.82, 2.24) is 14.3 Å².